The van der Waals surface area contributed by atoms with E-state index in [9.17, 15) is 14.4 Å². The third kappa shape index (κ3) is 3.88. The number of aromatic nitrogens is 2. The van der Waals surface area contributed by atoms with Gasteiger partial charge in [0.15, 0.2) is 0 Å². The van der Waals surface area contributed by atoms with E-state index in [1.54, 1.807) is 19.3 Å². The molecule has 8 nitrogen and oxygen atoms in total. The van der Waals surface area contributed by atoms with E-state index in [0.717, 1.165) is 31.4 Å². The summed E-state index contributed by atoms with van der Waals surface area (Å²) < 4.78 is 0. The lowest BCUT2D eigenvalue weighted by Gasteiger charge is -2.44. The summed E-state index contributed by atoms with van der Waals surface area (Å²) in [5.41, 5.74) is 0.655. The van der Waals surface area contributed by atoms with Crippen LogP contribution in [-0.2, 0) is 9.59 Å². The SMILES string of the molecule is CC(=O)N1C[C@H]2C3(CCN(C(=O)c4cnc(C)cn4)CC3)CC[C@@]2(C(=O)NCC(C)C)C1. The summed E-state index contributed by atoms with van der Waals surface area (Å²) in [6.07, 6.45) is 6.66. The van der Waals surface area contributed by atoms with E-state index >= 15 is 0 Å². The van der Waals surface area contributed by atoms with Crippen molar-refractivity contribution >= 4 is 17.7 Å². The molecule has 1 N–H and O–H groups in total. The van der Waals surface area contributed by atoms with Gasteiger partial charge < -0.3 is 15.1 Å². The molecule has 2 aliphatic heterocycles. The van der Waals surface area contributed by atoms with E-state index in [1.807, 2.05) is 16.7 Å². The van der Waals surface area contributed by atoms with Crippen LogP contribution >= 0.6 is 0 Å². The van der Waals surface area contributed by atoms with Gasteiger partial charge in [0.25, 0.3) is 5.91 Å². The Kier molecular flexibility index (Phi) is 5.98. The molecule has 1 aromatic heterocycles. The molecule has 4 rings (SSSR count). The minimum Gasteiger partial charge on any atom is -0.355 e. The van der Waals surface area contributed by atoms with Crippen LogP contribution in [0.2, 0.25) is 0 Å². The van der Waals surface area contributed by atoms with Crippen molar-refractivity contribution in [3.8, 4) is 0 Å². The number of aryl methyl sites for hydroxylation is 1. The Labute approximate surface area is 190 Å². The summed E-state index contributed by atoms with van der Waals surface area (Å²) in [4.78, 5) is 50.7. The van der Waals surface area contributed by atoms with E-state index in [4.69, 9.17) is 0 Å². The molecule has 1 saturated carbocycles. The maximum atomic E-state index is 13.4. The highest BCUT2D eigenvalue weighted by atomic mass is 16.2. The van der Waals surface area contributed by atoms with Gasteiger partial charge in [-0.1, -0.05) is 13.8 Å². The van der Waals surface area contributed by atoms with Crippen molar-refractivity contribution in [1.82, 2.24) is 25.1 Å². The molecule has 2 atom stereocenters. The van der Waals surface area contributed by atoms with Gasteiger partial charge in [-0.25, -0.2) is 4.98 Å². The highest BCUT2D eigenvalue weighted by molar-refractivity contribution is 5.92. The molecule has 2 saturated heterocycles. The molecule has 3 fully saturated rings. The first-order chi connectivity index (χ1) is 15.2. The van der Waals surface area contributed by atoms with E-state index in [2.05, 4.69) is 29.1 Å². The average molecular weight is 442 g/mol. The van der Waals surface area contributed by atoms with Gasteiger partial charge in [0, 0.05) is 45.8 Å². The number of nitrogens with one attached hydrogen (secondary N) is 1. The van der Waals surface area contributed by atoms with Crippen LogP contribution in [0.15, 0.2) is 12.4 Å². The van der Waals surface area contributed by atoms with Crippen molar-refractivity contribution < 1.29 is 14.4 Å². The molecule has 0 radical (unpaired) electrons. The summed E-state index contributed by atoms with van der Waals surface area (Å²) in [6.45, 7) is 10.7. The van der Waals surface area contributed by atoms with Crippen LogP contribution in [0.25, 0.3) is 0 Å². The second kappa shape index (κ2) is 8.45. The van der Waals surface area contributed by atoms with E-state index in [-0.39, 0.29) is 29.1 Å². The summed E-state index contributed by atoms with van der Waals surface area (Å²) in [6, 6.07) is 0. The molecule has 32 heavy (non-hydrogen) atoms. The first-order valence-electron chi connectivity index (χ1n) is 11.8. The molecule has 3 aliphatic rings. The van der Waals surface area contributed by atoms with Crippen LogP contribution in [0.5, 0.6) is 0 Å². The summed E-state index contributed by atoms with van der Waals surface area (Å²) in [5, 5.41) is 3.16. The normalized spacial score (nSPS) is 26.5. The molecule has 8 heteroatoms. The van der Waals surface area contributed by atoms with Gasteiger partial charge in [-0.05, 0) is 49.9 Å². The molecular weight excluding hydrogens is 406 g/mol. The number of nitrogens with zero attached hydrogens (tertiary/aromatic N) is 4. The Bertz CT molecular complexity index is 891. The van der Waals surface area contributed by atoms with E-state index in [0.29, 0.717) is 44.3 Å². The quantitative estimate of drug-likeness (QED) is 0.771. The number of rotatable bonds is 4. The van der Waals surface area contributed by atoms with Gasteiger partial charge in [0.1, 0.15) is 5.69 Å². The smallest absolute Gasteiger partial charge is 0.274 e. The van der Waals surface area contributed by atoms with Crippen molar-refractivity contribution in [3.05, 3.63) is 23.8 Å². The molecule has 0 aromatic carbocycles. The zero-order chi connectivity index (χ0) is 23.1. The number of hydrogen-bond acceptors (Lipinski definition) is 5. The molecule has 0 unspecified atom stereocenters. The number of carbonyl (C=O) groups excluding carboxylic acids is 3. The first kappa shape index (κ1) is 22.7. The highest BCUT2D eigenvalue weighted by Crippen LogP contribution is 2.62. The molecule has 1 aliphatic carbocycles. The topological polar surface area (TPSA) is 95.5 Å². The number of carbonyl (C=O) groups is 3. The van der Waals surface area contributed by atoms with Crippen LogP contribution in [0.1, 0.15) is 62.6 Å². The third-order valence-electron chi connectivity index (χ3n) is 7.97. The molecule has 0 bridgehead atoms. The third-order valence-corrected chi connectivity index (χ3v) is 7.97. The van der Waals surface area contributed by atoms with Gasteiger partial charge in [0.2, 0.25) is 11.8 Å². The van der Waals surface area contributed by atoms with Gasteiger partial charge in [-0.2, -0.15) is 0 Å². The Balaban J connectivity index is 1.50. The largest absolute Gasteiger partial charge is 0.355 e. The van der Waals surface area contributed by atoms with Crippen LogP contribution < -0.4 is 5.32 Å². The van der Waals surface area contributed by atoms with Gasteiger partial charge >= 0.3 is 0 Å². The Hall–Kier alpha value is -2.51. The van der Waals surface area contributed by atoms with Crippen molar-refractivity contribution in [3.63, 3.8) is 0 Å². The number of hydrogen-bond donors (Lipinski definition) is 1. The lowest BCUT2D eigenvalue weighted by atomic mass is 9.65. The lowest BCUT2D eigenvalue weighted by Crippen LogP contribution is -2.50. The fraction of sp³-hybridized carbons (Fsp3) is 0.708. The number of fused-ring (bicyclic) bond motifs is 2. The van der Waals surface area contributed by atoms with Crippen molar-refractivity contribution in [2.75, 3.05) is 32.7 Å². The zero-order valence-electron chi connectivity index (χ0n) is 19.7. The van der Waals surface area contributed by atoms with Crippen LogP contribution in [0.4, 0.5) is 0 Å². The van der Waals surface area contributed by atoms with Gasteiger partial charge in [0.05, 0.1) is 17.3 Å². The minimum absolute atomic E-state index is 0.00486. The first-order valence-corrected chi connectivity index (χ1v) is 11.8. The second-order valence-corrected chi connectivity index (χ2v) is 10.4. The van der Waals surface area contributed by atoms with E-state index in [1.165, 1.54) is 0 Å². The van der Waals surface area contributed by atoms with Crippen LogP contribution in [-0.4, -0.2) is 70.2 Å². The predicted molar refractivity (Wildman–Crippen MR) is 120 cm³/mol. The fourth-order valence-electron chi connectivity index (χ4n) is 6.06. The van der Waals surface area contributed by atoms with Crippen LogP contribution in [0.3, 0.4) is 0 Å². The Morgan fingerprint density at radius 1 is 1.09 bits per heavy atom. The predicted octanol–water partition coefficient (Wildman–Crippen LogP) is 2.04. The minimum atomic E-state index is -0.505. The number of likely N-dealkylation sites (tertiary alicyclic amines) is 2. The Morgan fingerprint density at radius 2 is 1.81 bits per heavy atom. The van der Waals surface area contributed by atoms with Crippen molar-refractivity contribution in [2.45, 2.75) is 53.4 Å². The molecular formula is C24H35N5O3. The monoisotopic (exact) mass is 441 g/mol. The standard InChI is InChI=1S/C24H35N5O3/c1-16(2)11-27-22(32)24-6-5-23(20(24)14-29(15-24)18(4)30)7-9-28(10-8-23)21(31)19-13-25-17(3)12-26-19/h12-13,16,20H,5-11,14-15H2,1-4H3,(H,27,32)/t20-,24+/m0/s1. The summed E-state index contributed by atoms with van der Waals surface area (Å²) >= 11 is 0. The maximum absolute atomic E-state index is 13.4. The second-order valence-electron chi connectivity index (χ2n) is 10.4. The van der Waals surface area contributed by atoms with Crippen molar-refractivity contribution in [2.24, 2.45) is 22.7 Å². The Morgan fingerprint density at radius 3 is 2.41 bits per heavy atom. The van der Waals surface area contributed by atoms with Crippen LogP contribution in [0, 0.1) is 29.6 Å². The summed E-state index contributed by atoms with van der Waals surface area (Å²) in [7, 11) is 0. The van der Waals surface area contributed by atoms with Gasteiger partial charge in [-0.15, -0.1) is 0 Å². The molecule has 1 aromatic rings. The fourth-order valence-corrected chi connectivity index (χ4v) is 6.06. The molecule has 1 spiro atoms. The molecule has 3 heterocycles. The summed E-state index contributed by atoms with van der Waals surface area (Å²) in [5.74, 6) is 0.584. The number of amides is 3. The average Bonchev–Trinajstić information content (AvgIpc) is 3.30. The molecule has 3 amide bonds. The lowest BCUT2D eigenvalue weighted by molar-refractivity contribution is -0.133. The molecule has 174 valence electrons. The number of piperidine rings is 1. The highest BCUT2D eigenvalue weighted by Gasteiger charge is 2.64. The van der Waals surface area contributed by atoms with E-state index < -0.39 is 5.41 Å². The van der Waals surface area contributed by atoms with Crippen molar-refractivity contribution in [1.29, 1.82) is 0 Å². The maximum Gasteiger partial charge on any atom is 0.274 e. The zero-order valence-corrected chi connectivity index (χ0v) is 19.7. The van der Waals surface area contributed by atoms with Gasteiger partial charge in [-0.3, -0.25) is 19.4 Å².